The van der Waals surface area contributed by atoms with Crippen LogP contribution in [0.3, 0.4) is 0 Å². The summed E-state index contributed by atoms with van der Waals surface area (Å²) < 4.78 is 13.6. The van der Waals surface area contributed by atoms with Crippen molar-refractivity contribution in [3.8, 4) is 22.3 Å². The van der Waals surface area contributed by atoms with Crippen molar-refractivity contribution in [1.29, 1.82) is 0 Å². The van der Waals surface area contributed by atoms with Crippen molar-refractivity contribution in [2.75, 3.05) is 4.90 Å². The third-order valence-corrected chi connectivity index (χ3v) is 11.7. The molecule has 0 saturated heterocycles. The minimum atomic E-state index is 0.839. The molecule has 0 N–H and O–H groups in total. The largest absolute Gasteiger partial charge is 0.455 e. The zero-order valence-electron chi connectivity index (χ0n) is 30.8. The molecule has 0 saturated carbocycles. The summed E-state index contributed by atoms with van der Waals surface area (Å²) in [7, 11) is 0. The minimum Gasteiger partial charge on any atom is -0.455 e. The molecule has 0 spiro atoms. The number of hydrogen-bond acceptors (Lipinski definition) is 3. The highest BCUT2D eigenvalue weighted by Gasteiger charge is 2.24. The van der Waals surface area contributed by atoms with Gasteiger partial charge in [0.15, 0.2) is 5.58 Å². The van der Waals surface area contributed by atoms with Gasteiger partial charge < -0.3 is 13.7 Å². The molecule has 3 heteroatoms. The van der Waals surface area contributed by atoms with E-state index >= 15 is 0 Å². The van der Waals surface area contributed by atoms with Gasteiger partial charge in [-0.2, -0.15) is 0 Å². The van der Waals surface area contributed by atoms with Gasteiger partial charge in [-0.05, 0) is 80.5 Å². The average molecular weight is 728 g/mol. The van der Waals surface area contributed by atoms with Crippen LogP contribution in [0, 0.1) is 0 Å². The Morgan fingerprint density at radius 3 is 1.75 bits per heavy atom. The highest BCUT2D eigenvalue weighted by molar-refractivity contribution is 6.18. The van der Waals surface area contributed by atoms with Crippen LogP contribution in [0.15, 0.2) is 209 Å². The van der Waals surface area contributed by atoms with Gasteiger partial charge in [0.25, 0.3) is 0 Å². The molecule has 10 aromatic carbocycles. The van der Waals surface area contributed by atoms with E-state index < -0.39 is 0 Å². The lowest BCUT2D eigenvalue weighted by Gasteiger charge is -2.28. The van der Waals surface area contributed by atoms with Gasteiger partial charge in [-0.25, -0.2) is 0 Å². The Balaban J connectivity index is 1.09. The summed E-state index contributed by atoms with van der Waals surface area (Å²) in [6, 6.07) is 71.4. The third kappa shape index (κ3) is 4.86. The number of rotatable bonds is 5. The highest BCUT2D eigenvalue weighted by Crippen LogP contribution is 2.48. The normalized spacial score (nSPS) is 11.9. The summed E-state index contributed by atoms with van der Waals surface area (Å²) in [5.41, 5.74) is 11.0. The van der Waals surface area contributed by atoms with E-state index in [9.17, 15) is 0 Å². The Hall–Kier alpha value is -7.62. The molecule has 12 rings (SSSR count). The van der Waals surface area contributed by atoms with Crippen molar-refractivity contribution in [3.05, 3.63) is 200 Å². The standard InChI is InChI=1S/C54H33NO2/c1-4-16-39-34(13-1)29-32-47-46-22-11-21-44(53(46)57-52(39)47)42-19-7-9-24-49(42)55(50-25-12-23-45-43-20-8-10-26-51(43)56-54(45)50)37-30-27-35(28-31-37)48-33-36-14-2-3-15-38(36)40-17-5-6-18-41(40)48/h1-33H. The summed E-state index contributed by atoms with van der Waals surface area (Å²) in [6.45, 7) is 0. The first kappa shape index (κ1) is 31.7. The number of furan rings is 2. The SMILES string of the molecule is c1ccc(N(c2ccc(-c3cc4ccccc4c4ccccc34)cc2)c2cccc3c2oc2ccccc23)c(-c2cccc3c2oc2c4ccccc4ccc32)c1. The first-order chi connectivity index (χ1) is 28.3. The molecule has 57 heavy (non-hydrogen) atoms. The molecule has 0 bridgehead atoms. The summed E-state index contributed by atoms with van der Waals surface area (Å²) in [5, 5.41) is 11.7. The second kappa shape index (κ2) is 12.5. The number of nitrogens with zero attached hydrogens (tertiary/aromatic N) is 1. The van der Waals surface area contributed by atoms with Crippen LogP contribution in [0.2, 0.25) is 0 Å². The smallest absolute Gasteiger partial charge is 0.159 e. The fourth-order valence-corrected chi connectivity index (χ4v) is 9.03. The first-order valence-electron chi connectivity index (χ1n) is 19.4. The summed E-state index contributed by atoms with van der Waals surface area (Å²) in [6.07, 6.45) is 0. The van der Waals surface area contributed by atoms with Crippen molar-refractivity contribution in [2.45, 2.75) is 0 Å². The predicted octanol–water partition coefficient (Wildman–Crippen LogP) is 15.7. The van der Waals surface area contributed by atoms with Crippen LogP contribution in [0.4, 0.5) is 17.1 Å². The molecule has 12 aromatic rings. The second-order valence-electron chi connectivity index (χ2n) is 14.8. The van der Waals surface area contributed by atoms with E-state index in [0.717, 1.165) is 88.4 Å². The second-order valence-corrected chi connectivity index (χ2v) is 14.8. The molecular weight excluding hydrogens is 695 g/mol. The molecule has 0 aliphatic heterocycles. The average Bonchev–Trinajstić information content (AvgIpc) is 3.86. The maximum absolute atomic E-state index is 6.90. The number of benzene rings is 10. The van der Waals surface area contributed by atoms with Gasteiger partial charge in [0.1, 0.15) is 16.7 Å². The van der Waals surface area contributed by atoms with Gasteiger partial charge in [0.2, 0.25) is 0 Å². The number of anilines is 3. The molecular formula is C54H33NO2. The van der Waals surface area contributed by atoms with Crippen LogP contribution < -0.4 is 4.90 Å². The number of para-hydroxylation sites is 4. The zero-order valence-corrected chi connectivity index (χ0v) is 30.8. The van der Waals surface area contributed by atoms with Crippen LogP contribution in [-0.2, 0) is 0 Å². The monoisotopic (exact) mass is 727 g/mol. The Kier molecular flexibility index (Phi) is 6.93. The lowest BCUT2D eigenvalue weighted by molar-refractivity contribution is 0.669. The van der Waals surface area contributed by atoms with Crippen molar-refractivity contribution >= 4 is 93.3 Å². The third-order valence-electron chi connectivity index (χ3n) is 11.7. The molecule has 266 valence electrons. The van der Waals surface area contributed by atoms with Crippen molar-refractivity contribution in [2.24, 2.45) is 0 Å². The van der Waals surface area contributed by atoms with E-state index in [0.29, 0.717) is 0 Å². The molecule has 0 unspecified atom stereocenters. The zero-order chi connectivity index (χ0) is 37.5. The number of hydrogen-bond donors (Lipinski definition) is 0. The quantitative estimate of drug-likeness (QED) is 0.165. The van der Waals surface area contributed by atoms with Crippen molar-refractivity contribution in [1.82, 2.24) is 0 Å². The fraction of sp³-hybridized carbons (Fsp3) is 0. The van der Waals surface area contributed by atoms with E-state index in [4.69, 9.17) is 8.83 Å². The fourth-order valence-electron chi connectivity index (χ4n) is 9.03. The van der Waals surface area contributed by atoms with Crippen molar-refractivity contribution in [3.63, 3.8) is 0 Å². The molecule has 0 atom stereocenters. The molecule has 2 aromatic heterocycles. The Morgan fingerprint density at radius 2 is 0.895 bits per heavy atom. The van der Waals surface area contributed by atoms with Crippen LogP contribution in [0.25, 0.3) is 98.4 Å². The predicted molar refractivity (Wildman–Crippen MR) is 239 cm³/mol. The van der Waals surface area contributed by atoms with E-state index in [-0.39, 0.29) is 0 Å². The molecule has 0 aliphatic carbocycles. The van der Waals surface area contributed by atoms with E-state index in [1.165, 1.54) is 27.1 Å². The Labute approximate surface area is 328 Å². The van der Waals surface area contributed by atoms with Crippen LogP contribution >= 0.6 is 0 Å². The minimum absolute atomic E-state index is 0.839. The maximum Gasteiger partial charge on any atom is 0.159 e. The maximum atomic E-state index is 6.90. The molecule has 3 nitrogen and oxygen atoms in total. The molecule has 0 fully saturated rings. The summed E-state index contributed by atoms with van der Waals surface area (Å²) >= 11 is 0. The van der Waals surface area contributed by atoms with Gasteiger partial charge in [0, 0.05) is 43.7 Å². The first-order valence-corrected chi connectivity index (χ1v) is 19.4. The van der Waals surface area contributed by atoms with Gasteiger partial charge in [-0.1, -0.05) is 158 Å². The molecule has 0 radical (unpaired) electrons. The topological polar surface area (TPSA) is 29.5 Å². The van der Waals surface area contributed by atoms with Crippen LogP contribution in [0.5, 0.6) is 0 Å². The number of fused-ring (bicyclic) bond motifs is 11. The van der Waals surface area contributed by atoms with E-state index in [2.05, 4.69) is 193 Å². The lowest BCUT2D eigenvalue weighted by atomic mass is 9.93. The molecule has 2 heterocycles. The summed E-state index contributed by atoms with van der Waals surface area (Å²) in [5.74, 6) is 0. The van der Waals surface area contributed by atoms with Gasteiger partial charge in [-0.15, -0.1) is 0 Å². The summed E-state index contributed by atoms with van der Waals surface area (Å²) in [4.78, 5) is 2.35. The Morgan fingerprint density at radius 1 is 0.298 bits per heavy atom. The van der Waals surface area contributed by atoms with E-state index in [1.807, 2.05) is 12.1 Å². The van der Waals surface area contributed by atoms with Gasteiger partial charge in [0.05, 0.1) is 11.4 Å². The van der Waals surface area contributed by atoms with Crippen LogP contribution in [-0.4, -0.2) is 0 Å². The van der Waals surface area contributed by atoms with Crippen LogP contribution in [0.1, 0.15) is 0 Å². The van der Waals surface area contributed by atoms with Gasteiger partial charge in [-0.3, -0.25) is 0 Å². The lowest BCUT2D eigenvalue weighted by Crippen LogP contribution is -2.11. The molecule has 0 amide bonds. The van der Waals surface area contributed by atoms with E-state index in [1.54, 1.807) is 0 Å². The molecule has 0 aliphatic rings. The Bertz CT molecular complexity index is 3530. The van der Waals surface area contributed by atoms with Gasteiger partial charge >= 0.3 is 0 Å². The van der Waals surface area contributed by atoms with Crippen molar-refractivity contribution < 1.29 is 8.83 Å². The highest BCUT2D eigenvalue weighted by atomic mass is 16.3.